The van der Waals surface area contributed by atoms with Crippen molar-refractivity contribution in [3.63, 3.8) is 0 Å². The lowest BCUT2D eigenvalue weighted by atomic mass is 11.2. The van der Waals surface area contributed by atoms with E-state index < -0.39 is 9.15 Å². The first-order valence-electron chi connectivity index (χ1n) is 1.95. The fourth-order valence-corrected chi connectivity index (χ4v) is 1.37. The van der Waals surface area contributed by atoms with Crippen molar-refractivity contribution in [3.8, 4) is 0 Å². The predicted molar refractivity (Wildman–Crippen MR) is 38.0 cm³/mol. The summed E-state index contributed by atoms with van der Waals surface area (Å²) in [6.45, 7) is 6.28. The maximum Gasteiger partial charge on any atom is 0.369 e. The SMILES string of the molecule is C=COS(=O)(=O)SC=C. The second-order valence-electron chi connectivity index (χ2n) is 0.934. The second kappa shape index (κ2) is 3.58. The van der Waals surface area contributed by atoms with Crippen LogP contribution in [0.5, 0.6) is 0 Å². The van der Waals surface area contributed by atoms with Crippen LogP contribution in [0.3, 0.4) is 0 Å². The first kappa shape index (κ1) is 8.58. The van der Waals surface area contributed by atoms with Gasteiger partial charge in [-0.3, -0.25) is 0 Å². The average Bonchev–Trinajstić information content (AvgIpc) is 1.64. The number of hydrogen-bond acceptors (Lipinski definition) is 4. The Bertz CT molecular complexity index is 176. The number of rotatable bonds is 4. The molecule has 0 amide bonds. The molecule has 0 bridgehead atoms. The van der Waals surface area contributed by atoms with Gasteiger partial charge in [-0.2, -0.15) is 8.42 Å². The lowest BCUT2D eigenvalue weighted by Crippen LogP contribution is -1.91. The van der Waals surface area contributed by atoms with Gasteiger partial charge in [-0.25, -0.2) is 0 Å². The molecule has 0 N–H and O–H groups in total. The zero-order valence-corrected chi connectivity index (χ0v) is 6.24. The van der Waals surface area contributed by atoms with Gasteiger partial charge in [0.25, 0.3) is 0 Å². The molecule has 52 valence electrons. The minimum Gasteiger partial charge on any atom is -0.383 e. The summed E-state index contributed by atoms with van der Waals surface area (Å²) in [4.78, 5) is 0. The topological polar surface area (TPSA) is 43.4 Å². The van der Waals surface area contributed by atoms with Crippen molar-refractivity contribution in [2.75, 3.05) is 0 Å². The van der Waals surface area contributed by atoms with Crippen LogP contribution in [-0.2, 0) is 13.3 Å². The van der Waals surface area contributed by atoms with E-state index in [2.05, 4.69) is 17.3 Å². The zero-order valence-electron chi connectivity index (χ0n) is 4.61. The molecule has 0 aliphatic carbocycles. The third-order valence-electron chi connectivity index (χ3n) is 0.372. The fourth-order valence-electron chi connectivity index (χ4n) is 0.189. The van der Waals surface area contributed by atoms with E-state index in [0.29, 0.717) is 10.8 Å². The predicted octanol–water partition coefficient (Wildman–Crippen LogP) is 1.27. The standard InChI is InChI=1S/C4H6O3S2/c1-3-7-9(5,6)8-4-2/h3-4H,1-2H2. The molecule has 0 rings (SSSR count). The zero-order chi connectivity index (χ0) is 7.33. The van der Waals surface area contributed by atoms with Crippen molar-refractivity contribution in [2.24, 2.45) is 0 Å². The van der Waals surface area contributed by atoms with Crippen LogP contribution in [0.2, 0.25) is 0 Å². The molecule has 0 unspecified atom stereocenters. The van der Waals surface area contributed by atoms with E-state index in [1.807, 2.05) is 0 Å². The molecular formula is C4H6O3S2. The molecule has 0 fully saturated rings. The van der Waals surface area contributed by atoms with E-state index in [1.165, 1.54) is 5.41 Å². The Balaban J connectivity index is 4.03. The summed E-state index contributed by atoms with van der Waals surface area (Å²) in [5, 5.41) is 1.17. The van der Waals surface area contributed by atoms with Gasteiger partial charge in [0.1, 0.15) is 0 Å². The van der Waals surface area contributed by atoms with Crippen molar-refractivity contribution < 1.29 is 12.6 Å². The summed E-state index contributed by atoms with van der Waals surface area (Å²) in [6.07, 6.45) is 0.853. The van der Waals surface area contributed by atoms with Gasteiger partial charge in [0, 0.05) is 10.8 Å². The maximum absolute atomic E-state index is 10.4. The van der Waals surface area contributed by atoms with Crippen LogP contribution in [0.4, 0.5) is 0 Å². The highest BCUT2D eigenvalue weighted by molar-refractivity contribution is 8.71. The summed E-state index contributed by atoms with van der Waals surface area (Å²) in [5.74, 6) is 0. The molecule has 0 spiro atoms. The Morgan fingerprint density at radius 1 is 1.44 bits per heavy atom. The van der Waals surface area contributed by atoms with E-state index in [9.17, 15) is 8.42 Å². The summed E-state index contributed by atoms with van der Waals surface area (Å²) < 4.78 is 25.0. The van der Waals surface area contributed by atoms with Gasteiger partial charge in [-0.15, -0.1) is 0 Å². The minimum absolute atomic E-state index is 0.501. The van der Waals surface area contributed by atoms with Crippen LogP contribution in [0.25, 0.3) is 0 Å². The van der Waals surface area contributed by atoms with Gasteiger partial charge in [0.05, 0.1) is 6.26 Å². The summed E-state index contributed by atoms with van der Waals surface area (Å²) in [7, 11) is -3.00. The average molecular weight is 166 g/mol. The quantitative estimate of drug-likeness (QED) is 0.466. The van der Waals surface area contributed by atoms with E-state index >= 15 is 0 Å². The summed E-state index contributed by atoms with van der Waals surface area (Å²) >= 11 is 0. The Morgan fingerprint density at radius 2 is 2.00 bits per heavy atom. The van der Waals surface area contributed by atoms with E-state index in [-0.39, 0.29) is 0 Å². The Morgan fingerprint density at radius 3 is 2.33 bits per heavy atom. The maximum atomic E-state index is 10.4. The van der Waals surface area contributed by atoms with Gasteiger partial charge in [-0.1, -0.05) is 13.2 Å². The van der Waals surface area contributed by atoms with Crippen LogP contribution in [-0.4, -0.2) is 8.42 Å². The molecule has 0 atom stereocenters. The largest absolute Gasteiger partial charge is 0.383 e. The van der Waals surface area contributed by atoms with Crippen LogP contribution in [0.1, 0.15) is 0 Å². The second-order valence-corrected chi connectivity index (χ2v) is 4.27. The van der Waals surface area contributed by atoms with Crippen molar-refractivity contribution in [1.29, 1.82) is 0 Å². The summed E-state index contributed by atoms with van der Waals surface area (Å²) in [6, 6.07) is 0. The third-order valence-corrected chi connectivity index (χ3v) is 2.47. The molecule has 0 aromatic heterocycles. The highest BCUT2D eigenvalue weighted by atomic mass is 33.1. The van der Waals surface area contributed by atoms with Gasteiger partial charge in [0.15, 0.2) is 0 Å². The molecule has 5 heteroatoms. The van der Waals surface area contributed by atoms with Crippen LogP contribution >= 0.6 is 10.8 Å². The van der Waals surface area contributed by atoms with Crippen molar-refractivity contribution in [3.05, 3.63) is 24.8 Å². The van der Waals surface area contributed by atoms with Gasteiger partial charge in [0.2, 0.25) is 0 Å². The highest BCUT2D eigenvalue weighted by Crippen LogP contribution is 2.13. The minimum atomic E-state index is -3.50. The van der Waals surface area contributed by atoms with E-state index in [0.717, 1.165) is 6.26 Å². The van der Waals surface area contributed by atoms with Crippen LogP contribution in [0, 0.1) is 0 Å². The molecule has 0 aliphatic rings. The molecule has 0 saturated heterocycles. The normalized spacial score (nSPS) is 10.2. The van der Waals surface area contributed by atoms with E-state index in [4.69, 9.17) is 0 Å². The van der Waals surface area contributed by atoms with Crippen LogP contribution in [0.15, 0.2) is 24.8 Å². The Hall–Kier alpha value is -0.420. The Kier molecular flexibility index (Phi) is 3.41. The molecule has 3 nitrogen and oxygen atoms in total. The lowest BCUT2D eigenvalue weighted by molar-refractivity contribution is 0.462. The molecule has 0 aromatic rings. The van der Waals surface area contributed by atoms with Gasteiger partial charge < -0.3 is 4.18 Å². The molecule has 9 heavy (non-hydrogen) atoms. The Labute approximate surface area is 57.9 Å². The van der Waals surface area contributed by atoms with Gasteiger partial charge in [-0.05, 0) is 5.41 Å². The first-order chi connectivity index (χ1) is 4.12. The molecule has 0 heterocycles. The van der Waals surface area contributed by atoms with Crippen LogP contribution < -0.4 is 0 Å². The van der Waals surface area contributed by atoms with E-state index in [1.54, 1.807) is 0 Å². The van der Waals surface area contributed by atoms with Crippen molar-refractivity contribution >= 4 is 19.9 Å². The monoisotopic (exact) mass is 166 g/mol. The third kappa shape index (κ3) is 4.11. The molecule has 0 saturated carbocycles. The smallest absolute Gasteiger partial charge is 0.369 e. The molecular weight excluding hydrogens is 160 g/mol. The van der Waals surface area contributed by atoms with Crippen molar-refractivity contribution in [2.45, 2.75) is 0 Å². The molecule has 0 aliphatic heterocycles. The first-order valence-corrected chi connectivity index (χ1v) is 4.76. The highest BCUT2D eigenvalue weighted by Gasteiger charge is 2.05. The summed E-state index contributed by atoms with van der Waals surface area (Å²) in [5.41, 5.74) is 0. The number of hydrogen-bond donors (Lipinski definition) is 0. The molecule has 0 radical (unpaired) electrons. The fraction of sp³-hybridized carbons (Fsp3) is 0. The lowest BCUT2D eigenvalue weighted by Gasteiger charge is -1.94. The van der Waals surface area contributed by atoms with Gasteiger partial charge >= 0.3 is 9.15 Å². The van der Waals surface area contributed by atoms with Crippen molar-refractivity contribution in [1.82, 2.24) is 0 Å². The molecule has 0 aromatic carbocycles.